The van der Waals surface area contributed by atoms with E-state index >= 15 is 0 Å². The zero-order valence-electron chi connectivity index (χ0n) is 11.7. The molecule has 0 unspecified atom stereocenters. The summed E-state index contributed by atoms with van der Waals surface area (Å²) >= 11 is 0. The van der Waals surface area contributed by atoms with Crippen molar-refractivity contribution in [2.75, 3.05) is 25.0 Å². The van der Waals surface area contributed by atoms with Crippen molar-refractivity contribution in [1.82, 2.24) is 5.32 Å². The molecule has 1 heterocycles. The molecule has 0 aliphatic carbocycles. The molecule has 0 radical (unpaired) electrons. The third-order valence-corrected chi connectivity index (χ3v) is 3.52. The fraction of sp³-hybridized carbons (Fsp3) is 0.235. The summed E-state index contributed by atoms with van der Waals surface area (Å²) in [5.41, 5.74) is 3.71. The van der Waals surface area contributed by atoms with Crippen molar-refractivity contribution in [1.29, 1.82) is 0 Å². The summed E-state index contributed by atoms with van der Waals surface area (Å²) in [6.07, 6.45) is 0. The van der Waals surface area contributed by atoms with Gasteiger partial charge in [-0.1, -0.05) is 30.3 Å². The maximum Gasteiger partial charge on any atom is 0.128 e. The molecular formula is C17H19N3. The number of nitrogens with one attached hydrogen (secondary N) is 1. The van der Waals surface area contributed by atoms with E-state index in [1.807, 2.05) is 6.07 Å². The fourth-order valence-corrected chi connectivity index (χ4v) is 2.41. The van der Waals surface area contributed by atoms with Crippen LogP contribution in [0.1, 0.15) is 11.1 Å². The SMILES string of the molecule is CN(Cc1ccccc1)c1ccc(C2=NCCN2)cc1. The summed E-state index contributed by atoms with van der Waals surface area (Å²) in [4.78, 5) is 6.69. The van der Waals surface area contributed by atoms with Gasteiger partial charge in [-0.25, -0.2) is 0 Å². The summed E-state index contributed by atoms with van der Waals surface area (Å²) in [7, 11) is 2.12. The lowest BCUT2D eigenvalue weighted by molar-refractivity contribution is 0.923. The number of amidine groups is 1. The minimum Gasteiger partial charge on any atom is -0.370 e. The van der Waals surface area contributed by atoms with E-state index < -0.39 is 0 Å². The number of rotatable bonds is 4. The fourth-order valence-electron chi connectivity index (χ4n) is 2.41. The van der Waals surface area contributed by atoms with Gasteiger partial charge >= 0.3 is 0 Å². The number of benzene rings is 2. The van der Waals surface area contributed by atoms with Crippen LogP contribution in [0.25, 0.3) is 0 Å². The van der Waals surface area contributed by atoms with Crippen LogP contribution < -0.4 is 10.2 Å². The highest BCUT2D eigenvalue weighted by atomic mass is 15.1. The molecule has 0 aromatic heterocycles. The molecule has 3 rings (SSSR count). The Hall–Kier alpha value is -2.29. The Morgan fingerprint density at radius 2 is 1.80 bits per heavy atom. The van der Waals surface area contributed by atoms with Gasteiger partial charge in [0, 0.05) is 31.4 Å². The summed E-state index contributed by atoms with van der Waals surface area (Å²) < 4.78 is 0. The maximum atomic E-state index is 4.44. The van der Waals surface area contributed by atoms with Gasteiger partial charge in [0.05, 0.1) is 6.54 Å². The largest absolute Gasteiger partial charge is 0.370 e. The van der Waals surface area contributed by atoms with Gasteiger partial charge in [-0.2, -0.15) is 0 Å². The van der Waals surface area contributed by atoms with E-state index in [4.69, 9.17) is 0 Å². The Morgan fingerprint density at radius 1 is 1.05 bits per heavy atom. The van der Waals surface area contributed by atoms with Crippen molar-refractivity contribution < 1.29 is 0 Å². The highest BCUT2D eigenvalue weighted by molar-refractivity contribution is 5.99. The third-order valence-electron chi connectivity index (χ3n) is 3.52. The summed E-state index contributed by atoms with van der Waals surface area (Å²) in [5.74, 6) is 1.02. The second-order valence-corrected chi connectivity index (χ2v) is 5.05. The van der Waals surface area contributed by atoms with Gasteiger partial charge in [0.15, 0.2) is 0 Å². The van der Waals surface area contributed by atoms with Crippen molar-refractivity contribution in [2.45, 2.75) is 6.54 Å². The molecular weight excluding hydrogens is 246 g/mol. The highest BCUT2D eigenvalue weighted by Crippen LogP contribution is 2.17. The summed E-state index contributed by atoms with van der Waals surface area (Å²) in [6, 6.07) is 19.1. The Kier molecular flexibility index (Phi) is 3.68. The predicted molar refractivity (Wildman–Crippen MR) is 84.4 cm³/mol. The minimum absolute atomic E-state index is 0.880. The molecule has 0 fully saturated rings. The number of hydrogen-bond donors (Lipinski definition) is 1. The van der Waals surface area contributed by atoms with E-state index in [9.17, 15) is 0 Å². The topological polar surface area (TPSA) is 27.6 Å². The first-order valence-electron chi connectivity index (χ1n) is 6.97. The van der Waals surface area contributed by atoms with Crippen LogP contribution in [-0.2, 0) is 6.54 Å². The molecule has 3 heteroatoms. The Morgan fingerprint density at radius 3 is 2.45 bits per heavy atom. The van der Waals surface area contributed by atoms with Gasteiger partial charge in [0.1, 0.15) is 5.84 Å². The van der Waals surface area contributed by atoms with Crippen molar-refractivity contribution in [3.8, 4) is 0 Å². The van der Waals surface area contributed by atoms with Gasteiger partial charge in [-0.05, 0) is 29.8 Å². The van der Waals surface area contributed by atoms with Gasteiger partial charge in [-0.3, -0.25) is 4.99 Å². The lowest BCUT2D eigenvalue weighted by atomic mass is 10.1. The first-order chi connectivity index (χ1) is 9.83. The smallest absolute Gasteiger partial charge is 0.128 e. The number of hydrogen-bond acceptors (Lipinski definition) is 3. The molecule has 3 nitrogen and oxygen atoms in total. The van der Waals surface area contributed by atoms with Gasteiger partial charge < -0.3 is 10.2 Å². The van der Waals surface area contributed by atoms with Crippen molar-refractivity contribution in [3.63, 3.8) is 0 Å². The zero-order valence-corrected chi connectivity index (χ0v) is 11.7. The minimum atomic E-state index is 0.880. The van der Waals surface area contributed by atoms with Crippen LogP contribution in [-0.4, -0.2) is 26.0 Å². The molecule has 0 spiro atoms. The van der Waals surface area contributed by atoms with Crippen LogP contribution in [0.5, 0.6) is 0 Å². The molecule has 0 amide bonds. The van der Waals surface area contributed by atoms with Crippen molar-refractivity contribution >= 4 is 11.5 Å². The summed E-state index contributed by atoms with van der Waals surface area (Å²) in [5, 5.41) is 3.30. The van der Waals surface area contributed by atoms with E-state index in [0.29, 0.717) is 0 Å². The normalized spacial score (nSPS) is 13.8. The molecule has 0 bridgehead atoms. The first kappa shape index (κ1) is 12.7. The molecule has 0 saturated heterocycles. The first-order valence-corrected chi connectivity index (χ1v) is 6.97. The maximum absolute atomic E-state index is 4.44. The molecule has 2 aromatic rings. The quantitative estimate of drug-likeness (QED) is 0.920. The van der Waals surface area contributed by atoms with Crippen LogP contribution in [0.15, 0.2) is 59.6 Å². The second kappa shape index (κ2) is 5.78. The molecule has 20 heavy (non-hydrogen) atoms. The molecule has 0 atom stereocenters. The molecule has 1 N–H and O–H groups in total. The molecule has 2 aromatic carbocycles. The Labute approximate surface area is 120 Å². The number of anilines is 1. The van der Waals surface area contributed by atoms with E-state index in [-0.39, 0.29) is 0 Å². The third kappa shape index (κ3) is 2.82. The molecule has 1 aliphatic heterocycles. The van der Waals surface area contributed by atoms with Crippen LogP contribution >= 0.6 is 0 Å². The molecule has 102 valence electrons. The zero-order chi connectivity index (χ0) is 13.8. The standard InChI is InChI=1S/C17H19N3/c1-20(13-14-5-3-2-4-6-14)16-9-7-15(8-10-16)17-18-11-12-19-17/h2-10H,11-13H2,1H3,(H,18,19). The van der Waals surface area contributed by atoms with Crippen LogP contribution in [0, 0.1) is 0 Å². The highest BCUT2D eigenvalue weighted by Gasteiger charge is 2.08. The van der Waals surface area contributed by atoms with Crippen LogP contribution in [0.3, 0.4) is 0 Å². The molecule has 1 aliphatic rings. The monoisotopic (exact) mass is 265 g/mol. The number of aliphatic imine (C=N–C) groups is 1. The average Bonchev–Trinajstić information content (AvgIpc) is 3.03. The summed E-state index contributed by atoms with van der Waals surface area (Å²) in [6.45, 7) is 2.75. The lowest BCUT2D eigenvalue weighted by Crippen LogP contribution is -2.20. The van der Waals surface area contributed by atoms with Crippen molar-refractivity contribution in [2.24, 2.45) is 4.99 Å². The number of nitrogens with zero attached hydrogens (tertiary/aromatic N) is 2. The Bertz CT molecular complexity index is 587. The van der Waals surface area contributed by atoms with E-state index in [0.717, 1.165) is 25.5 Å². The lowest BCUT2D eigenvalue weighted by Gasteiger charge is -2.19. The van der Waals surface area contributed by atoms with Gasteiger partial charge in [0.2, 0.25) is 0 Å². The van der Waals surface area contributed by atoms with Gasteiger partial charge in [0.25, 0.3) is 0 Å². The van der Waals surface area contributed by atoms with Crippen molar-refractivity contribution in [3.05, 3.63) is 65.7 Å². The second-order valence-electron chi connectivity index (χ2n) is 5.05. The van der Waals surface area contributed by atoms with E-state index in [1.54, 1.807) is 0 Å². The molecule has 0 saturated carbocycles. The van der Waals surface area contributed by atoms with Gasteiger partial charge in [-0.15, -0.1) is 0 Å². The average molecular weight is 265 g/mol. The van der Waals surface area contributed by atoms with E-state index in [1.165, 1.54) is 16.8 Å². The predicted octanol–water partition coefficient (Wildman–Crippen LogP) is 2.67. The van der Waals surface area contributed by atoms with Crippen LogP contribution in [0.4, 0.5) is 5.69 Å². The Balaban J connectivity index is 1.70. The van der Waals surface area contributed by atoms with Crippen LogP contribution in [0.2, 0.25) is 0 Å². The van der Waals surface area contributed by atoms with E-state index in [2.05, 4.69) is 70.8 Å².